The van der Waals surface area contributed by atoms with Gasteiger partial charge < -0.3 is 22.1 Å². The van der Waals surface area contributed by atoms with Crippen molar-refractivity contribution in [1.82, 2.24) is 15.0 Å². The number of nitrogens with two attached hydrogens (primary N) is 2. The van der Waals surface area contributed by atoms with Gasteiger partial charge in [0.05, 0.1) is 5.69 Å². The van der Waals surface area contributed by atoms with Crippen molar-refractivity contribution in [3.8, 4) is 0 Å². The first-order valence-electron chi connectivity index (χ1n) is 7.81. The molecule has 6 N–H and O–H groups in total. The number of amides is 2. The van der Waals surface area contributed by atoms with Crippen LogP contribution < -0.4 is 22.1 Å². The third kappa shape index (κ3) is 3.54. The highest BCUT2D eigenvalue weighted by Crippen LogP contribution is 2.31. The Kier molecular flexibility index (Phi) is 4.94. The van der Waals surface area contributed by atoms with Gasteiger partial charge >= 0.3 is 0 Å². The van der Waals surface area contributed by atoms with Gasteiger partial charge in [0.25, 0.3) is 5.91 Å². The predicted molar refractivity (Wildman–Crippen MR) is 100 cm³/mol. The average molecular weight is 371 g/mol. The Hall–Kier alpha value is -3.27. The van der Waals surface area contributed by atoms with Gasteiger partial charge in [-0.1, -0.05) is 6.92 Å². The summed E-state index contributed by atoms with van der Waals surface area (Å²) in [5.41, 5.74) is 11.6. The molecule has 0 aliphatic heterocycles. The number of nitrogens with zero attached hydrogens (tertiary/aromatic N) is 3. The van der Waals surface area contributed by atoms with Crippen LogP contribution in [0.1, 0.15) is 23.7 Å². The van der Waals surface area contributed by atoms with E-state index in [1.54, 1.807) is 6.20 Å². The highest BCUT2D eigenvalue weighted by Gasteiger charge is 2.18. The molecule has 3 heterocycles. The first-order valence-corrected chi connectivity index (χ1v) is 8.69. The molecule has 1 atom stereocenters. The molecule has 0 spiro atoms. The Balaban J connectivity index is 1.97. The zero-order valence-corrected chi connectivity index (χ0v) is 14.7. The van der Waals surface area contributed by atoms with Crippen molar-refractivity contribution in [3.05, 3.63) is 35.5 Å². The van der Waals surface area contributed by atoms with E-state index in [-0.39, 0.29) is 17.3 Å². The zero-order valence-electron chi connectivity index (χ0n) is 13.9. The van der Waals surface area contributed by atoms with Crippen molar-refractivity contribution in [1.29, 1.82) is 0 Å². The predicted octanol–water partition coefficient (Wildman–Crippen LogP) is 1.60. The standard InChI is InChI=1S/C16H17N7O2S/c1-2-10(13(18)25)22-16-20-6-9(12(17)24)14(23-16)21-11-7-26-15-8(11)4-3-5-19-15/h3-7,10H,2H2,1H3,(H2,17,24)(H2,18,25)(H2,20,21,22,23)/t10-/m1/s1. The lowest BCUT2D eigenvalue weighted by Crippen LogP contribution is -2.35. The SMILES string of the molecule is CC[C@@H](Nc1ncc(C(N)=O)c(Nc2csc3ncccc23)n1)C(N)=O. The van der Waals surface area contributed by atoms with Crippen LogP contribution in [0.5, 0.6) is 0 Å². The largest absolute Gasteiger partial charge is 0.368 e. The number of nitrogens with one attached hydrogen (secondary N) is 2. The lowest BCUT2D eigenvalue weighted by molar-refractivity contribution is -0.118. The van der Waals surface area contributed by atoms with Gasteiger partial charge in [0, 0.05) is 23.2 Å². The fraction of sp³-hybridized carbons (Fsp3) is 0.188. The fourth-order valence-electron chi connectivity index (χ4n) is 2.35. The van der Waals surface area contributed by atoms with Crippen molar-refractivity contribution in [2.75, 3.05) is 10.6 Å². The fourth-order valence-corrected chi connectivity index (χ4v) is 3.19. The summed E-state index contributed by atoms with van der Waals surface area (Å²) in [6.45, 7) is 1.81. The maximum absolute atomic E-state index is 11.7. The maximum Gasteiger partial charge on any atom is 0.254 e. The maximum atomic E-state index is 11.7. The normalized spacial score (nSPS) is 11.9. The number of hydrogen-bond acceptors (Lipinski definition) is 8. The van der Waals surface area contributed by atoms with E-state index in [2.05, 4.69) is 25.6 Å². The van der Waals surface area contributed by atoms with Gasteiger partial charge in [0.1, 0.15) is 22.3 Å². The lowest BCUT2D eigenvalue weighted by atomic mass is 10.2. The molecule has 0 aliphatic rings. The lowest BCUT2D eigenvalue weighted by Gasteiger charge is -2.15. The van der Waals surface area contributed by atoms with Crippen molar-refractivity contribution in [3.63, 3.8) is 0 Å². The van der Waals surface area contributed by atoms with E-state index in [0.29, 0.717) is 6.42 Å². The monoisotopic (exact) mass is 371 g/mol. The minimum atomic E-state index is -0.668. The van der Waals surface area contributed by atoms with E-state index in [4.69, 9.17) is 11.5 Å². The molecule has 0 bridgehead atoms. The molecule has 0 radical (unpaired) electrons. The summed E-state index contributed by atoms with van der Waals surface area (Å²) in [6.07, 6.45) is 3.49. The van der Waals surface area contributed by atoms with Crippen LogP contribution in [0.15, 0.2) is 29.9 Å². The number of hydrogen-bond donors (Lipinski definition) is 4. The molecule has 0 fully saturated rings. The van der Waals surface area contributed by atoms with Crippen molar-refractivity contribution in [2.45, 2.75) is 19.4 Å². The summed E-state index contributed by atoms with van der Waals surface area (Å²) in [7, 11) is 0. The molecule has 3 aromatic rings. The van der Waals surface area contributed by atoms with Gasteiger partial charge in [-0.25, -0.2) is 9.97 Å². The summed E-state index contributed by atoms with van der Waals surface area (Å²) in [5.74, 6) is -0.781. The molecule has 0 aromatic carbocycles. The third-order valence-electron chi connectivity index (χ3n) is 3.71. The highest BCUT2D eigenvalue weighted by atomic mass is 32.1. The first kappa shape index (κ1) is 17.5. The van der Waals surface area contributed by atoms with E-state index >= 15 is 0 Å². The molecule has 134 valence electrons. The van der Waals surface area contributed by atoms with Crippen LogP contribution in [0.4, 0.5) is 17.5 Å². The van der Waals surface area contributed by atoms with Crippen molar-refractivity contribution in [2.24, 2.45) is 11.5 Å². The van der Waals surface area contributed by atoms with Crippen LogP contribution in [-0.2, 0) is 4.79 Å². The Morgan fingerprint density at radius 1 is 1.31 bits per heavy atom. The van der Waals surface area contributed by atoms with Gasteiger partial charge in [-0.05, 0) is 18.6 Å². The van der Waals surface area contributed by atoms with Gasteiger partial charge in [0.15, 0.2) is 0 Å². The second-order valence-electron chi connectivity index (χ2n) is 5.46. The molecule has 0 unspecified atom stereocenters. The van der Waals surface area contributed by atoms with Crippen molar-refractivity contribution >= 4 is 50.8 Å². The molecular weight excluding hydrogens is 354 g/mol. The molecule has 3 rings (SSSR count). The topological polar surface area (TPSA) is 149 Å². The smallest absolute Gasteiger partial charge is 0.254 e. The molecule has 0 saturated heterocycles. The minimum absolute atomic E-state index is 0.130. The zero-order chi connectivity index (χ0) is 18.7. The molecule has 0 saturated carbocycles. The number of pyridine rings is 1. The van der Waals surface area contributed by atoms with Crippen LogP contribution in [0.25, 0.3) is 10.2 Å². The first-order chi connectivity index (χ1) is 12.5. The number of carbonyl (C=O) groups is 2. The summed E-state index contributed by atoms with van der Waals surface area (Å²) >= 11 is 1.46. The number of aromatic nitrogens is 3. The number of primary amides is 2. The van der Waals surface area contributed by atoms with Crippen molar-refractivity contribution < 1.29 is 9.59 Å². The third-order valence-corrected chi connectivity index (χ3v) is 4.61. The number of anilines is 3. The molecule has 0 aliphatic carbocycles. The number of rotatable bonds is 7. The minimum Gasteiger partial charge on any atom is -0.368 e. The van der Waals surface area contributed by atoms with E-state index in [1.807, 2.05) is 24.4 Å². The molecule has 26 heavy (non-hydrogen) atoms. The second kappa shape index (κ2) is 7.31. The quantitative estimate of drug-likeness (QED) is 0.493. The molecule has 2 amide bonds. The van der Waals surface area contributed by atoms with Crippen LogP contribution in [-0.4, -0.2) is 32.8 Å². The Morgan fingerprint density at radius 3 is 2.81 bits per heavy atom. The van der Waals surface area contributed by atoms with E-state index < -0.39 is 17.9 Å². The molecule has 10 heteroatoms. The molecular formula is C16H17N7O2S. The van der Waals surface area contributed by atoms with E-state index in [9.17, 15) is 9.59 Å². The van der Waals surface area contributed by atoms with Gasteiger partial charge in [-0.15, -0.1) is 11.3 Å². The van der Waals surface area contributed by atoms with Gasteiger partial charge in [-0.3, -0.25) is 9.59 Å². The summed E-state index contributed by atoms with van der Waals surface area (Å²) in [5, 5.41) is 8.72. The highest BCUT2D eigenvalue weighted by molar-refractivity contribution is 7.17. The summed E-state index contributed by atoms with van der Waals surface area (Å²) in [4.78, 5) is 36.6. The average Bonchev–Trinajstić information content (AvgIpc) is 3.02. The summed E-state index contributed by atoms with van der Waals surface area (Å²) < 4.78 is 0. The van der Waals surface area contributed by atoms with E-state index in [0.717, 1.165) is 15.9 Å². The van der Waals surface area contributed by atoms with Crippen LogP contribution in [0.2, 0.25) is 0 Å². The van der Waals surface area contributed by atoms with Gasteiger partial charge in [0.2, 0.25) is 11.9 Å². The van der Waals surface area contributed by atoms with Gasteiger partial charge in [-0.2, -0.15) is 4.98 Å². The molecule has 9 nitrogen and oxygen atoms in total. The Labute approximate surface area is 152 Å². The Bertz CT molecular complexity index is 972. The number of carbonyl (C=O) groups excluding carboxylic acids is 2. The van der Waals surface area contributed by atoms with Crippen LogP contribution in [0.3, 0.4) is 0 Å². The van der Waals surface area contributed by atoms with Crippen LogP contribution in [0, 0.1) is 0 Å². The second-order valence-corrected chi connectivity index (χ2v) is 6.32. The van der Waals surface area contributed by atoms with Crippen LogP contribution >= 0.6 is 11.3 Å². The number of fused-ring (bicyclic) bond motifs is 1. The Morgan fingerprint density at radius 2 is 2.12 bits per heavy atom. The number of thiophene rings is 1. The summed E-state index contributed by atoms with van der Waals surface area (Å²) in [6, 6.07) is 3.11. The van der Waals surface area contributed by atoms with E-state index in [1.165, 1.54) is 17.5 Å². The molecule has 3 aromatic heterocycles.